The number of ether oxygens (including phenoxy) is 1. The van der Waals surface area contributed by atoms with E-state index in [0.29, 0.717) is 17.0 Å². The van der Waals surface area contributed by atoms with Crippen molar-refractivity contribution in [3.8, 4) is 17.0 Å². The summed E-state index contributed by atoms with van der Waals surface area (Å²) in [5, 5.41) is 5.28. The molecule has 1 heterocycles. The first-order valence-electron chi connectivity index (χ1n) is 5.06. The van der Waals surface area contributed by atoms with Gasteiger partial charge in [0.1, 0.15) is 11.3 Å². The number of para-hydroxylation sites is 1. The fourth-order valence-electron chi connectivity index (χ4n) is 1.55. The van der Waals surface area contributed by atoms with Crippen LogP contribution >= 0.6 is 11.6 Å². The molecule has 6 heteroatoms. The summed E-state index contributed by atoms with van der Waals surface area (Å²) in [6, 6.07) is 8.47. The molecule has 1 aromatic carbocycles. The SMILES string of the molecule is COc1ccccc1-c1cc(C(=O)Cl)c(=O)[nH]n1. The Morgan fingerprint density at radius 1 is 1.39 bits per heavy atom. The van der Waals surface area contributed by atoms with Crippen LogP contribution in [0.4, 0.5) is 0 Å². The van der Waals surface area contributed by atoms with Gasteiger partial charge in [-0.15, -0.1) is 0 Å². The van der Waals surface area contributed by atoms with Crippen molar-refractivity contribution in [2.45, 2.75) is 0 Å². The molecule has 1 aromatic heterocycles. The lowest BCUT2D eigenvalue weighted by molar-refractivity contribution is 0.108. The molecular formula is C12H9ClN2O3. The molecule has 0 fully saturated rings. The van der Waals surface area contributed by atoms with Crippen molar-refractivity contribution in [2.24, 2.45) is 0 Å². The fourth-order valence-corrected chi connectivity index (χ4v) is 1.69. The molecule has 0 radical (unpaired) electrons. The number of nitrogens with zero attached hydrogens (tertiary/aromatic N) is 1. The average molecular weight is 265 g/mol. The van der Waals surface area contributed by atoms with Crippen LogP contribution in [0.1, 0.15) is 10.4 Å². The van der Waals surface area contributed by atoms with Gasteiger partial charge in [-0.25, -0.2) is 5.10 Å². The summed E-state index contributed by atoms with van der Waals surface area (Å²) in [7, 11) is 1.53. The maximum atomic E-state index is 11.3. The summed E-state index contributed by atoms with van der Waals surface area (Å²) >= 11 is 5.32. The van der Waals surface area contributed by atoms with Crippen LogP contribution in [-0.4, -0.2) is 22.5 Å². The second-order valence-corrected chi connectivity index (χ2v) is 3.81. The fraction of sp³-hybridized carbons (Fsp3) is 0.0833. The predicted octanol–water partition coefficient (Wildman–Crippen LogP) is 1.82. The zero-order valence-corrected chi connectivity index (χ0v) is 10.2. The number of halogens is 1. The zero-order valence-electron chi connectivity index (χ0n) is 9.44. The third-order valence-electron chi connectivity index (χ3n) is 2.40. The summed E-state index contributed by atoms with van der Waals surface area (Å²) < 4.78 is 5.18. The first-order chi connectivity index (χ1) is 8.63. The van der Waals surface area contributed by atoms with Crippen LogP contribution < -0.4 is 10.3 Å². The number of nitrogens with one attached hydrogen (secondary N) is 1. The second kappa shape index (κ2) is 5.01. The van der Waals surface area contributed by atoms with E-state index < -0.39 is 10.8 Å². The summed E-state index contributed by atoms with van der Waals surface area (Å²) in [5.41, 5.74) is 0.313. The molecule has 0 aliphatic carbocycles. The number of aromatic amines is 1. The molecule has 18 heavy (non-hydrogen) atoms. The van der Waals surface area contributed by atoms with Crippen LogP contribution in [0.2, 0.25) is 0 Å². The van der Waals surface area contributed by atoms with E-state index in [4.69, 9.17) is 16.3 Å². The van der Waals surface area contributed by atoms with E-state index in [-0.39, 0.29) is 5.56 Å². The van der Waals surface area contributed by atoms with Gasteiger partial charge < -0.3 is 4.74 Å². The predicted molar refractivity (Wildman–Crippen MR) is 67.0 cm³/mol. The molecule has 0 aliphatic rings. The van der Waals surface area contributed by atoms with E-state index in [1.54, 1.807) is 18.2 Å². The molecule has 0 aliphatic heterocycles. The number of methoxy groups -OCH3 is 1. The Hall–Kier alpha value is -2.14. The lowest BCUT2D eigenvalue weighted by atomic mass is 10.1. The number of carbonyl (C=O) groups excluding carboxylic acids is 1. The lowest BCUT2D eigenvalue weighted by Gasteiger charge is -2.07. The molecule has 0 atom stereocenters. The van der Waals surface area contributed by atoms with Gasteiger partial charge >= 0.3 is 0 Å². The molecule has 0 unspecified atom stereocenters. The van der Waals surface area contributed by atoms with Crippen LogP contribution in [0.3, 0.4) is 0 Å². The van der Waals surface area contributed by atoms with Gasteiger partial charge in [0.2, 0.25) is 0 Å². The maximum Gasteiger partial charge on any atom is 0.276 e. The highest BCUT2D eigenvalue weighted by atomic mass is 35.5. The molecule has 2 rings (SSSR count). The largest absolute Gasteiger partial charge is 0.496 e. The minimum Gasteiger partial charge on any atom is -0.496 e. The maximum absolute atomic E-state index is 11.3. The van der Waals surface area contributed by atoms with Gasteiger partial charge in [0.25, 0.3) is 10.8 Å². The molecule has 5 nitrogen and oxygen atoms in total. The summed E-state index contributed by atoms with van der Waals surface area (Å²) in [4.78, 5) is 22.4. The highest BCUT2D eigenvalue weighted by Crippen LogP contribution is 2.27. The monoisotopic (exact) mass is 264 g/mol. The topological polar surface area (TPSA) is 72.1 Å². The number of carbonyl (C=O) groups is 1. The number of hydrogen-bond donors (Lipinski definition) is 1. The average Bonchev–Trinajstić information content (AvgIpc) is 2.39. The molecule has 0 amide bonds. The molecule has 92 valence electrons. The Morgan fingerprint density at radius 2 is 2.11 bits per heavy atom. The van der Waals surface area contributed by atoms with Gasteiger partial charge in [-0.2, -0.15) is 5.10 Å². The van der Waals surface area contributed by atoms with Gasteiger partial charge in [0.15, 0.2) is 0 Å². The first-order valence-corrected chi connectivity index (χ1v) is 5.44. The van der Waals surface area contributed by atoms with E-state index in [1.165, 1.54) is 13.2 Å². The molecule has 0 spiro atoms. The van der Waals surface area contributed by atoms with Crippen molar-refractivity contribution in [2.75, 3.05) is 7.11 Å². The van der Waals surface area contributed by atoms with E-state index in [2.05, 4.69) is 10.2 Å². The van der Waals surface area contributed by atoms with Crippen molar-refractivity contribution in [3.63, 3.8) is 0 Å². The molecule has 2 aromatic rings. The normalized spacial score (nSPS) is 10.1. The van der Waals surface area contributed by atoms with E-state index >= 15 is 0 Å². The first kappa shape index (κ1) is 12.3. The molecular weight excluding hydrogens is 256 g/mol. The number of H-pyrrole nitrogens is 1. The smallest absolute Gasteiger partial charge is 0.276 e. The van der Waals surface area contributed by atoms with Crippen LogP contribution in [0, 0.1) is 0 Å². The van der Waals surface area contributed by atoms with Crippen molar-refractivity contribution < 1.29 is 9.53 Å². The Morgan fingerprint density at radius 3 is 2.78 bits per heavy atom. The third-order valence-corrected chi connectivity index (χ3v) is 2.60. The Kier molecular flexibility index (Phi) is 3.43. The summed E-state index contributed by atoms with van der Waals surface area (Å²) in [6.07, 6.45) is 0. The third kappa shape index (κ3) is 2.26. The number of aromatic nitrogens is 2. The Balaban J connectivity index is 2.61. The Labute approximate surface area is 107 Å². The van der Waals surface area contributed by atoms with E-state index in [1.807, 2.05) is 6.07 Å². The van der Waals surface area contributed by atoms with Crippen LogP contribution in [0.15, 0.2) is 35.1 Å². The van der Waals surface area contributed by atoms with E-state index in [0.717, 1.165) is 0 Å². The quantitative estimate of drug-likeness (QED) is 0.859. The highest BCUT2D eigenvalue weighted by molar-refractivity contribution is 6.67. The standard InChI is InChI=1S/C12H9ClN2O3/c1-18-10-5-3-2-4-7(10)9-6-8(11(13)16)12(17)15-14-9/h2-6H,1H3,(H,15,17). The zero-order chi connectivity index (χ0) is 13.1. The lowest BCUT2D eigenvalue weighted by Crippen LogP contribution is -2.16. The number of benzene rings is 1. The Bertz CT molecular complexity index is 652. The summed E-state index contributed by atoms with van der Waals surface area (Å²) in [6.45, 7) is 0. The van der Waals surface area contributed by atoms with Gasteiger partial charge in [0, 0.05) is 5.56 Å². The molecule has 1 N–H and O–H groups in total. The highest BCUT2D eigenvalue weighted by Gasteiger charge is 2.13. The summed E-state index contributed by atoms with van der Waals surface area (Å²) in [5.74, 6) is 0.588. The number of hydrogen-bond acceptors (Lipinski definition) is 4. The van der Waals surface area contributed by atoms with Gasteiger partial charge in [-0.3, -0.25) is 9.59 Å². The van der Waals surface area contributed by atoms with Crippen molar-refractivity contribution in [1.29, 1.82) is 0 Å². The minimum absolute atomic E-state index is 0.146. The van der Waals surface area contributed by atoms with Gasteiger partial charge in [-0.05, 0) is 29.8 Å². The van der Waals surface area contributed by atoms with Gasteiger partial charge in [-0.1, -0.05) is 12.1 Å². The second-order valence-electron chi connectivity index (χ2n) is 3.47. The molecule has 0 saturated heterocycles. The van der Waals surface area contributed by atoms with Crippen molar-refractivity contribution in [3.05, 3.63) is 46.2 Å². The van der Waals surface area contributed by atoms with Crippen LogP contribution in [-0.2, 0) is 0 Å². The van der Waals surface area contributed by atoms with Crippen LogP contribution in [0.25, 0.3) is 11.3 Å². The number of rotatable bonds is 3. The van der Waals surface area contributed by atoms with E-state index in [9.17, 15) is 9.59 Å². The van der Waals surface area contributed by atoms with Crippen molar-refractivity contribution in [1.82, 2.24) is 10.2 Å². The van der Waals surface area contributed by atoms with Crippen molar-refractivity contribution >= 4 is 16.8 Å². The minimum atomic E-state index is -0.824. The van der Waals surface area contributed by atoms with Crippen LogP contribution in [0.5, 0.6) is 5.75 Å². The van der Waals surface area contributed by atoms with Gasteiger partial charge in [0.05, 0.1) is 12.8 Å². The molecule has 0 saturated carbocycles. The molecule has 0 bridgehead atoms.